The van der Waals surface area contributed by atoms with E-state index in [1.165, 1.54) is 23.2 Å². The molecule has 3 aromatic carbocycles. The molecule has 3 aromatic heterocycles. The highest BCUT2D eigenvalue weighted by molar-refractivity contribution is 9.10. The van der Waals surface area contributed by atoms with Crippen LogP contribution in [-0.4, -0.2) is 94.6 Å². The average molecular weight is 1060 g/mol. The summed E-state index contributed by atoms with van der Waals surface area (Å²) in [4.78, 5) is 57.3. The van der Waals surface area contributed by atoms with Crippen molar-refractivity contribution in [3.8, 4) is 16.1 Å². The molecule has 1 spiro atoms. The van der Waals surface area contributed by atoms with Crippen molar-refractivity contribution >= 4 is 50.0 Å². The minimum absolute atomic E-state index is 0.0957. The number of aliphatic hydroxyl groups is 1. The predicted octanol–water partition coefficient (Wildman–Crippen LogP) is 10.5. The summed E-state index contributed by atoms with van der Waals surface area (Å²) in [5.41, 5.74) is 9.89. The van der Waals surface area contributed by atoms with Crippen molar-refractivity contribution in [3.05, 3.63) is 121 Å². The molecule has 5 aliphatic rings. The summed E-state index contributed by atoms with van der Waals surface area (Å²) in [6.45, 7) is 11.3. The number of amides is 2. The fourth-order valence-corrected chi connectivity index (χ4v) is 14.0. The number of likely N-dealkylation sites (tertiary alicyclic amines) is 2. The Balaban J connectivity index is 0.738. The van der Waals surface area contributed by atoms with Crippen LogP contribution in [0.3, 0.4) is 0 Å². The summed E-state index contributed by atoms with van der Waals surface area (Å²) in [6.07, 6.45) is 15.0. The lowest BCUT2D eigenvalue weighted by Gasteiger charge is -2.35. The van der Waals surface area contributed by atoms with E-state index in [2.05, 4.69) is 94.5 Å². The van der Waals surface area contributed by atoms with Gasteiger partial charge >= 0.3 is 0 Å². The second-order valence-electron chi connectivity index (χ2n) is 22.6. The van der Waals surface area contributed by atoms with Gasteiger partial charge in [-0.25, -0.2) is 9.67 Å². The number of aliphatic hydroxyl groups excluding tert-OH is 1. The second-order valence-corrected chi connectivity index (χ2v) is 24.3. The molecule has 15 heteroatoms. The molecule has 6 heterocycles. The molecule has 11 rings (SSSR count). The maximum absolute atomic E-state index is 14.6. The lowest BCUT2D eigenvalue weighted by Crippen LogP contribution is -2.50. The third-order valence-electron chi connectivity index (χ3n) is 16.6. The summed E-state index contributed by atoms with van der Waals surface area (Å²) in [7, 11) is 0. The lowest BCUT2D eigenvalue weighted by atomic mass is 9.69. The molecule has 4 atom stereocenters. The second kappa shape index (κ2) is 20.0. The summed E-state index contributed by atoms with van der Waals surface area (Å²) in [5.74, 6) is 1.35. The molecule has 2 saturated heterocycles. The number of aryl methyl sites for hydroxylation is 1. The van der Waals surface area contributed by atoms with Crippen molar-refractivity contribution in [2.45, 2.75) is 159 Å². The number of benzene rings is 3. The number of fused-ring (bicyclic) bond motifs is 7. The minimum Gasteiger partial charge on any atom is -0.391 e. The Kier molecular flexibility index (Phi) is 13.6. The Morgan fingerprint density at radius 1 is 0.958 bits per heavy atom. The summed E-state index contributed by atoms with van der Waals surface area (Å²) in [5, 5.41) is 23.9. The van der Waals surface area contributed by atoms with E-state index in [0.29, 0.717) is 17.2 Å². The molecule has 2 saturated carbocycles. The van der Waals surface area contributed by atoms with Gasteiger partial charge in [-0.05, 0) is 146 Å². The van der Waals surface area contributed by atoms with Gasteiger partial charge in [0.25, 0.3) is 5.56 Å². The molecule has 0 unspecified atom stereocenters. The van der Waals surface area contributed by atoms with Crippen LogP contribution in [0.4, 0.5) is 0 Å². The van der Waals surface area contributed by atoms with Crippen LogP contribution < -0.4 is 10.9 Å². The number of thiazole rings is 1. The normalized spacial score (nSPS) is 21.0. The number of halogens is 1. The average Bonchev–Trinajstić information content (AvgIpc) is 3.61. The summed E-state index contributed by atoms with van der Waals surface area (Å²) < 4.78 is 4.76. The first-order chi connectivity index (χ1) is 34.8. The Morgan fingerprint density at radius 2 is 1.74 bits per heavy atom. The van der Waals surface area contributed by atoms with Gasteiger partial charge in [0.2, 0.25) is 11.8 Å². The van der Waals surface area contributed by atoms with E-state index < -0.39 is 23.6 Å². The molecule has 3 aliphatic heterocycles. The first-order valence-corrected chi connectivity index (χ1v) is 28.2. The third-order valence-corrected chi connectivity index (χ3v) is 18.3. The minimum atomic E-state index is -0.805. The quantitative estimate of drug-likeness (QED) is 0.102. The van der Waals surface area contributed by atoms with Crippen molar-refractivity contribution in [3.63, 3.8) is 0 Å². The van der Waals surface area contributed by atoms with Crippen LogP contribution in [0.15, 0.2) is 81.6 Å². The van der Waals surface area contributed by atoms with Crippen molar-refractivity contribution in [1.82, 2.24) is 44.6 Å². The summed E-state index contributed by atoms with van der Waals surface area (Å²) in [6, 6.07) is 19.9. The van der Waals surface area contributed by atoms with Crippen molar-refractivity contribution < 1.29 is 14.7 Å². The molecule has 4 fully saturated rings. The molecule has 2 amide bonds. The van der Waals surface area contributed by atoms with Gasteiger partial charge in [-0.2, -0.15) is 4.98 Å². The molecule has 6 aromatic rings. The zero-order valence-electron chi connectivity index (χ0n) is 42.2. The number of nitrogens with one attached hydrogen (secondary N) is 1. The Bertz CT molecular complexity index is 3030. The zero-order chi connectivity index (χ0) is 49.9. The number of nitrogens with zero attached hydrogens (tertiary/aromatic N) is 8. The number of hydrogen-bond donors (Lipinski definition) is 2. The van der Waals surface area contributed by atoms with Crippen LogP contribution in [0, 0.1) is 12.3 Å². The van der Waals surface area contributed by atoms with Crippen LogP contribution in [0.2, 0.25) is 0 Å². The van der Waals surface area contributed by atoms with E-state index >= 15 is 0 Å². The van der Waals surface area contributed by atoms with E-state index in [1.54, 1.807) is 20.9 Å². The highest BCUT2D eigenvalue weighted by Crippen LogP contribution is 2.52. The lowest BCUT2D eigenvalue weighted by molar-refractivity contribution is -0.144. The smallest absolute Gasteiger partial charge is 0.281 e. The van der Waals surface area contributed by atoms with Crippen LogP contribution >= 0.6 is 27.3 Å². The number of carbonyl (C=O) groups is 2. The number of aromatic nitrogens is 6. The standard InChI is InChI=1S/C57H68BrN9O4S/c1-35-50(72-34-59-35)39-19-17-37(18-20-39)44(60-52(69)48-31-41(68)32-65(48)54(71)51(56(2,3)4)66-33-45(62-63-66)38-15-16-38)13-7-5-10-27-64-28-23-36(24-29-64)40-21-22-46-42(30-40)57(25-8-6-9-26-57)55-61-53(70)49-43(58)12-11-14-47(49)67(46)55/h11-12,14,17-22,30,33-34,36,38,41,44,48,51,68H,5-10,13,15-16,23-29,31-32H2,1-4H3,(H,60,69)/t41-,44-,48+,51+/m0/s1. The van der Waals surface area contributed by atoms with E-state index in [1.807, 2.05) is 51.5 Å². The molecule has 13 nitrogen and oxygen atoms in total. The molecule has 72 heavy (non-hydrogen) atoms. The highest BCUT2D eigenvalue weighted by Gasteiger charge is 2.48. The number of β-amino-alcohol motifs (C(OH)–C–C–N with tert-alkyl or cyclic N) is 1. The summed E-state index contributed by atoms with van der Waals surface area (Å²) >= 11 is 5.27. The van der Waals surface area contributed by atoms with Crippen LogP contribution in [0.5, 0.6) is 0 Å². The van der Waals surface area contributed by atoms with Gasteiger partial charge in [-0.15, -0.1) is 16.4 Å². The fraction of sp³-hybridized carbons (Fsp3) is 0.526. The Hall–Kier alpha value is -5.09. The Morgan fingerprint density at radius 3 is 2.46 bits per heavy atom. The molecule has 0 bridgehead atoms. The maximum atomic E-state index is 14.6. The number of piperidine rings is 1. The topological polar surface area (TPSA) is 151 Å². The molecular weight excluding hydrogens is 987 g/mol. The predicted molar refractivity (Wildman–Crippen MR) is 286 cm³/mol. The van der Waals surface area contributed by atoms with Crippen LogP contribution in [0.1, 0.15) is 168 Å². The number of hydrogen-bond acceptors (Lipinski definition) is 10. The van der Waals surface area contributed by atoms with Gasteiger partial charge in [-0.3, -0.25) is 19.0 Å². The SMILES string of the molecule is Cc1ncsc1-c1ccc([C@H](CCCCCN2CCC(c3ccc4c(c3)C3(CCCCC3)c3nc(=O)c5c(Br)cccc5n3-4)CC2)NC(=O)[C@H]2C[C@H](O)CN2C(=O)[C@@H](n2cc(C3CC3)nn2)C(C)(C)C)cc1. The first kappa shape index (κ1) is 49.1. The molecule has 378 valence electrons. The zero-order valence-corrected chi connectivity index (χ0v) is 44.6. The maximum Gasteiger partial charge on any atom is 0.281 e. The van der Waals surface area contributed by atoms with Crippen molar-refractivity contribution in [2.24, 2.45) is 5.41 Å². The van der Waals surface area contributed by atoms with Gasteiger partial charge in [0.15, 0.2) is 0 Å². The van der Waals surface area contributed by atoms with Gasteiger partial charge < -0.3 is 20.2 Å². The number of unbranched alkanes of at least 4 members (excludes halogenated alkanes) is 2. The van der Waals surface area contributed by atoms with E-state index in [0.717, 1.165) is 140 Å². The fourth-order valence-electron chi connectivity index (χ4n) is 12.7. The highest BCUT2D eigenvalue weighted by atomic mass is 79.9. The van der Waals surface area contributed by atoms with Gasteiger partial charge in [-0.1, -0.05) is 101 Å². The van der Waals surface area contributed by atoms with Gasteiger partial charge in [0.1, 0.15) is 17.9 Å². The third kappa shape index (κ3) is 9.40. The van der Waals surface area contributed by atoms with Gasteiger partial charge in [0.05, 0.1) is 55.9 Å². The molecule has 2 aliphatic carbocycles. The van der Waals surface area contributed by atoms with Crippen LogP contribution in [0.25, 0.3) is 27.0 Å². The molecule has 2 N–H and O–H groups in total. The van der Waals surface area contributed by atoms with E-state index in [4.69, 9.17) is 4.98 Å². The number of rotatable bonds is 14. The monoisotopic (exact) mass is 1050 g/mol. The van der Waals surface area contributed by atoms with E-state index in [-0.39, 0.29) is 41.8 Å². The molecular formula is C57H68BrN9O4S. The largest absolute Gasteiger partial charge is 0.391 e. The van der Waals surface area contributed by atoms with Gasteiger partial charge in [0, 0.05) is 29.6 Å². The number of carbonyl (C=O) groups excluding carboxylic acids is 2. The van der Waals surface area contributed by atoms with Crippen LogP contribution in [-0.2, 0) is 15.0 Å². The first-order valence-electron chi connectivity index (χ1n) is 26.6. The Labute approximate surface area is 435 Å². The van der Waals surface area contributed by atoms with Crippen molar-refractivity contribution in [2.75, 3.05) is 26.2 Å². The van der Waals surface area contributed by atoms with E-state index in [9.17, 15) is 19.5 Å². The molecule has 0 radical (unpaired) electrons. The van der Waals surface area contributed by atoms with Crippen molar-refractivity contribution in [1.29, 1.82) is 0 Å².